The lowest BCUT2D eigenvalue weighted by atomic mass is 10.1. The Labute approximate surface area is 159 Å². The van der Waals surface area contributed by atoms with E-state index in [4.69, 9.17) is 32.7 Å². The Morgan fingerprint density at radius 1 is 1.04 bits per heavy atom. The Bertz CT molecular complexity index is 560. The highest BCUT2D eigenvalue weighted by atomic mass is 35.5. The van der Waals surface area contributed by atoms with Crippen molar-refractivity contribution in [3.63, 3.8) is 0 Å². The number of rotatable bonds is 11. The smallest absolute Gasteiger partial charge is 0.311 e. The van der Waals surface area contributed by atoms with Crippen LogP contribution in [0.4, 0.5) is 0 Å². The first-order valence-corrected chi connectivity index (χ1v) is 9.57. The Balaban J connectivity index is 2.30. The van der Waals surface area contributed by atoms with Gasteiger partial charge in [0.05, 0.1) is 5.02 Å². The lowest BCUT2D eigenvalue weighted by Crippen LogP contribution is -2.18. The van der Waals surface area contributed by atoms with Crippen LogP contribution in [0.3, 0.4) is 0 Å². The zero-order valence-electron chi connectivity index (χ0n) is 14.9. The molecule has 0 saturated heterocycles. The van der Waals surface area contributed by atoms with Gasteiger partial charge in [-0.1, -0.05) is 56.0 Å². The number of benzene rings is 1. The molecular weight excluding hydrogens is 363 g/mol. The number of unbranched alkanes of at least 4 members (excludes halogenated alkanes) is 2. The third kappa shape index (κ3) is 8.59. The van der Waals surface area contributed by atoms with E-state index in [0.29, 0.717) is 11.4 Å². The van der Waals surface area contributed by atoms with E-state index in [2.05, 4.69) is 6.92 Å². The molecule has 1 rings (SSSR count). The Morgan fingerprint density at radius 2 is 1.76 bits per heavy atom. The van der Waals surface area contributed by atoms with Crippen LogP contribution in [0.2, 0.25) is 10.0 Å². The first kappa shape index (κ1) is 21.8. The van der Waals surface area contributed by atoms with Gasteiger partial charge in [-0.05, 0) is 37.8 Å². The summed E-state index contributed by atoms with van der Waals surface area (Å²) in [4.78, 5) is 23.7. The van der Waals surface area contributed by atoms with E-state index < -0.39 is 5.97 Å². The van der Waals surface area contributed by atoms with Crippen molar-refractivity contribution < 1.29 is 19.1 Å². The second-order valence-electron chi connectivity index (χ2n) is 5.90. The van der Waals surface area contributed by atoms with Gasteiger partial charge in [0.1, 0.15) is 11.1 Å². The average Bonchev–Trinajstić information content (AvgIpc) is 2.58. The fraction of sp³-hybridized carbons (Fsp3) is 0.579. The summed E-state index contributed by atoms with van der Waals surface area (Å²) in [5.74, 6) is -0.493. The summed E-state index contributed by atoms with van der Waals surface area (Å²) in [6.07, 6.45) is 5.71. The molecule has 0 saturated carbocycles. The Kier molecular flexibility index (Phi) is 10.6. The molecule has 1 unspecified atom stereocenters. The van der Waals surface area contributed by atoms with Crippen LogP contribution in [0.1, 0.15) is 65.2 Å². The van der Waals surface area contributed by atoms with E-state index in [-0.39, 0.29) is 35.7 Å². The van der Waals surface area contributed by atoms with Gasteiger partial charge >= 0.3 is 11.9 Å². The number of esters is 2. The Hall–Kier alpha value is -1.26. The van der Waals surface area contributed by atoms with Crippen LogP contribution in [0.15, 0.2) is 18.2 Å². The maximum Gasteiger partial charge on any atom is 0.311 e. The summed E-state index contributed by atoms with van der Waals surface area (Å²) in [5.41, 5.74) is 0. The molecule has 0 spiro atoms. The molecule has 0 N–H and O–H groups in total. The standard InChI is InChI=1S/C19H26Cl2O4/c1-3-5-6-9-14(4-2)24-17(22)12-8-13-18(23)25-16-11-7-10-15(20)19(16)21/h7,10-11,14H,3-6,8-9,12-13H2,1-2H3. The second-order valence-corrected chi connectivity index (χ2v) is 6.68. The monoisotopic (exact) mass is 388 g/mol. The summed E-state index contributed by atoms with van der Waals surface area (Å²) < 4.78 is 10.6. The van der Waals surface area contributed by atoms with Crippen molar-refractivity contribution >= 4 is 35.1 Å². The molecule has 25 heavy (non-hydrogen) atoms. The minimum Gasteiger partial charge on any atom is -0.462 e. The highest BCUT2D eigenvalue weighted by Crippen LogP contribution is 2.31. The molecule has 0 aliphatic carbocycles. The number of hydrogen-bond acceptors (Lipinski definition) is 4. The average molecular weight is 389 g/mol. The molecule has 0 bridgehead atoms. The molecule has 0 aromatic heterocycles. The minimum atomic E-state index is -0.452. The summed E-state index contributed by atoms with van der Waals surface area (Å²) in [7, 11) is 0. The summed E-state index contributed by atoms with van der Waals surface area (Å²) in [6.45, 7) is 4.15. The van der Waals surface area contributed by atoms with Crippen LogP contribution >= 0.6 is 23.2 Å². The molecular formula is C19H26Cl2O4. The largest absolute Gasteiger partial charge is 0.462 e. The molecule has 1 aromatic carbocycles. The van der Waals surface area contributed by atoms with Crippen LogP contribution in [-0.4, -0.2) is 18.0 Å². The van der Waals surface area contributed by atoms with E-state index in [1.54, 1.807) is 18.2 Å². The number of halogens is 2. The van der Waals surface area contributed by atoms with E-state index >= 15 is 0 Å². The quantitative estimate of drug-likeness (QED) is 0.266. The van der Waals surface area contributed by atoms with E-state index in [9.17, 15) is 9.59 Å². The van der Waals surface area contributed by atoms with E-state index in [1.807, 2.05) is 6.92 Å². The van der Waals surface area contributed by atoms with Crippen molar-refractivity contribution in [2.24, 2.45) is 0 Å². The van der Waals surface area contributed by atoms with Crippen molar-refractivity contribution in [1.82, 2.24) is 0 Å². The van der Waals surface area contributed by atoms with Crippen LogP contribution in [0.25, 0.3) is 0 Å². The lowest BCUT2D eigenvalue weighted by Gasteiger charge is -2.16. The number of carbonyl (C=O) groups excluding carboxylic acids is 2. The predicted molar refractivity (Wildman–Crippen MR) is 100 cm³/mol. The van der Waals surface area contributed by atoms with Crippen LogP contribution in [0.5, 0.6) is 5.75 Å². The zero-order chi connectivity index (χ0) is 18.7. The van der Waals surface area contributed by atoms with Gasteiger partial charge in [0.15, 0.2) is 5.75 Å². The predicted octanol–water partition coefficient (Wildman–Crippen LogP) is 5.97. The van der Waals surface area contributed by atoms with Crippen LogP contribution in [0, 0.1) is 0 Å². The molecule has 0 aliphatic rings. The molecule has 6 heteroatoms. The van der Waals surface area contributed by atoms with Gasteiger partial charge in [-0.25, -0.2) is 0 Å². The van der Waals surface area contributed by atoms with Gasteiger partial charge in [0, 0.05) is 12.8 Å². The van der Waals surface area contributed by atoms with Gasteiger partial charge < -0.3 is 9.47 Å². The third-order valence-electron chi connectivity index (χ3n) is 3.78. The second kappa shape index (κ2) is 12.2. The molecule has 0 amide bonds. The summed E-state index contributed by atoms with van der Waals surface area (Å²) >= 11 is 11.8. The zero-order valence-corrected chi connectivity index (χ0v) is 16.4. The SMILES string of the molecule is CCCCCC(CC)OC(=O)CCCC(=O)Oc1cccc(Cl)c1Cl. The molecule has 0 heterocycles. The Morgan fingerprint density at radius 3 is 2.44 bits per heavy atom. The molecule has 0 fully saturated rings. The normalized spacial score (nSPS) is 11.8. The fourth-order valence-electron chi connectivity index (χ4n) is 2.33. The molecule has 0 aliphatic heterocycles. The van der Waals surface area contributed by atoms with Gasteiger partial charge in [0.2, 0.25) is 0 Å². The maximum atomic E-state index is 11.9. The first-order valence-electron chi connectivity index (χ1n) is 8.82. The number of hydrogen-bond donors (Lipinski definition) is 0. The fourth-order valence-corrected chi connectivity index (χ4v) is 2.66. The van der Waals surface area contributed by atoms with Gasteiger partial charge in [-0.2, -0.15) is 0 Å². The van der Waals surface area contributed by atoms with Crippen molar-refractivity contribution in [1.29, 1.82) is 0 Å². The summed E-state index contributed by atoms with van der Waals surface area (Å²) in [5, 5.41) is 0.527. The number of ether oxygens (including phenoxy) is 2. The van der Waals surface area contributed by atoms with Crippen LogP contribution in [-0.2, 0) is 14.3 Å². The molecule has 4 nitrogen and oxygen atoms in total. The molecule has 0 radical (unpaired) electrons. The topological polar surface area (TPSA) is 52.6 Å². The maximum absolute atomic E-state index is 11.9. The first-order chi connectivity index (χ1) is 12.0. The van der Waals surface area contributed by atoms with Crippen molar-refractivity contribution in [3.05, 3.63) is 28.2 Å². The third-order valence-corrected chi connectivity index (χ3v) is 4.59. The molecule has 1 aromatic rings. The van der Waals surface area contributed by atoms with E-state index in [1.165, 1.54) is 0 Å². The highest BCUT2D eigenvalue weighted by molar-refractivity contribution is 6.43. The van der Waals surface area contributed by atoms with Crippen molar-refractivity contribution in [3.8, 4) is 5.75 Å². The summed E-state index contributed by atoms with van der Waals surface area (Å²) in [6, 6.07) is 4.84. The van der Waals surface area contributed by atoms with Gasteiger partial charge in [-0.3, -0.25) is 9.59 Å². The van der Waals surface area contributed by atoms with Crippen molar-refractivity contribution in [2.75, 3.05) is 0 Å². The lowest BCUT2D eigenvalue weighted by molar-refractivity contribution is -0.149. The van der Waals surface area contributed by atoms with Crippen molar-refractivity contribution in [2.45, 2.75) is 71.3 Å². The molecule has 140 valence electrons. The number of carbonyl (C=O) groups is 2. The van der Waals surface area contributed by atoms with Crippen LogP contribution < -0.4 is 4.74 Å². The van der Waals surface area contributed by atoms with E-state index in [0.717, 1.165) is 32.1 Å². The highest BCUT2D eigenvalue weighted by Gasteiger charge is 2.14. The minimum absolute atomic E-state index is 0.0312. The molecule has 1 atom stereocenters. The van der Waals surface area contributed by atoms with Gasteiger partial charge in [-0.15, -0.1) is 0 Å². The van der Waals surface area contributed by atoms with Gasteiger partial charge in [0.25, 0.3) is 0 Å².